The minimum absolute atomic E-state index is 0.234. The zero-order chi connectivity index (χ0) is 8.48. The summed E-state index contributed by atoms with van der Waals surface area (Å²) in [6.07, 6.45) is 0. The highest BCUT2D eigenvalue weighted by molar-refractivity contribution is 8.23. The number of rotatable bonds is 2. The van der Waals surface area contributed by atoms with Crippen molar-refractivity contribution in [3.63, 3.8) is 0 Å². The lowest BCUT2D eigenvalue weighted by Gasteiger charge is -2.05. The molecule has 2 N–H and O–H groups in total. The van der Waals surface area contributed by atoms with Gasteiger partial charge in [0.2, 0.25) is 0 Å². The van der Waals surface area contributed by atoms with E-state index in [9.17, 15) is 8.42 Å². The van der Waals surface area contributed by atoms with Gasteiger partial charge in [-0.25, -0.2) is 0 Å². The summed E-state index contributed by atoms with van der Waals surface area (Å²) >= 11 is 6.15. The highest BCUT2D eigenvalue weighted by atomic mass is 32.2. The predicted molar refractivity (Wildman–Crippen MR) is 48.4 cm³/mol. The van der Waals surface area contributed by atoms with Crippen molar-refractivity contribution in [1.82, 2.24) is 5.32 Å². The van der Waals surface area contributed by atoms with E-state index in [-0.39, 0.29) is 11.8 Å². The Hall–Kier alpha value is 0.150. The number of thioether (sulfide) groups is 1. The van der Waals surface area contributed by atoms with Gasteiger partial charge >= 0.3 is 0 Å². The Morgan fingerprint density at radius 3 is 2.82 bits per heavy atom. The van der Waals surface area contributed by atoms with Crippen LogP contribution in [-0.2, 0) is 10.1 Å². The Morgan fingerprint density at radius 2 is 2.45 bits per heavy atom. The molecule has 1 fully saturated rings. The summed E-state index contributed by atoms with van der Waals surface area (Å²) in [6.45, 7) is 0. The molecule has 1 rings (SSSR count). The molecule has 0 bridgehead atoms. The van der Waals surface area contributed by atoms with Gasteiger partial charge in [-0.3, -0.25) is 4.55 Å². The molecule has 1 atom stereocenters. The zero-order valence-corrected chi connectivity index (χ0v) is 7.93. The van der Waals surface area contributed by atoms with E-state index in [1.165, 1.54) is 11.8 Å². The monoisotopic (exact) mass is 213 g/mol. The minimum Gasteiger partial charge on any atom is -0.366 e. The van der Waals surface area contributed by atoms with Gasteiger partial charge in [0.1, 0.15) is 4.32 Å². The highest BCUT2D eigenvalue weighted by Gasteiger charge is 2.23. The van der Waals surface area contributed by atoms with Gasteiger partial charge < -0.3 is 5.32 Å². The predicted octanol–water partition coefficient (Wildman–Crippen LogP) is -0.136. The van der Waals surface area contributed by atoms with Crippen LogP contribution in [0.25, 0.3) is 0 Å². The van der Waals surface area contributed by atoms with Gasteiger partial charge in [0.05, 0.1) is 11.8 Å². The Morgan fingerprint density at radius 1 is 1.82 bits per heavy atom. The number of nitrogens with one attached hydrogen (secondary N) is 1. The molecule has 7 heteroatoms. The van der Waals surface area contributed by atoms with Crippen molar-refractivity contribution < 1.29 is 13.0 Å². The molecule has 0 saturated carbocycles. The number of hydrogen-bond donors (Lipinski definition) is 2. The smallest absolute Gasteiger partial charge is 0.266 e. The molecule has 0 amide bonds. The highest BCUT2D eigenvalue weighted by Crippen LogP contribution is 2.14. The van der Waals surface area contributed by atoms with Crippen molar-refractivity contribution in [3.8, 4) is 0 Å². The molecule has 1 saturated heterocycles. The first-order chi connectivity index (χ1) is 4.97. The maximum absolute atomic E-state index is 10.4. The minimum atomic E-state index is -3.87. The summed E-state index contributed by atoms with van der Waals surface area (Å²) in [5.41, 5.74) is 0. The molecule has 0 aliphatic carbocycles. The van der Waals surface area contributed by atoms with E-state index in [1.54, 1.807) is 0 Å². The summed E-state index contributed by atoms with van der Waals surface area (Å²) < 4.78 is 29.8. The van der Waals surface area contributed by atoms with E-state index in [0.29, 0.717) is 10.1 Å². The Bertz CT molecular complexity index is 260. The summed E-state index contributed by atoms with van der Waals surface area (Å²) in [5.74, 6) is 0.346. The second-order valence-electron chi connectivity index (χ2n) is 2.19. The van der Waals surface area contributed by atoms with Gasteiger partial charge in [-0.2, -0.15) is 8.42 Å². The van der Waals surface area contributed by atoms with E-state index in [1.807, 2.05) is 0 Å². The SMILES string of the molecule is O=S(=O)(O)CC1CSC(=S)N1. The fraction of sp³-hybridized carbons (Fsp3) is 0.750. The third kappa shape index (κ3) is 3.37. The molecule has 1 unspecified atom stereocenters. The van der Waals surface area contributed by atoms with Crippen LogP contribution in [0.1, 0.15) is 0 Å². The van der Waals surface area contributed by atoms with Crippen LogP contribution >= 0.6 is 24.0 Å². The van der Waals surface area contributed by atoms with Gasteiger partial charge in [0, 0.05) is 5.75 Å². The van der Waals surface area contributed by atoms with Gasteiger partial charge in [0.25, 0.3) is 10.1 Å². The van der Waals surface area contributed by atoms with Crippen molar-refractivity contribution in [2.75, 3.05) is 11.5 Å². The van der Waals surface area contributed by atoms with Crippen LogP contribution in [0, 0.1) is 0 Å². The van der Waals surface area contributed by atoms with E-state index >= 15 is 0 Å². The van der Waals surface area contributed by atoms with E-state index in [0.717, 1.165) is 0 Å². The van der Waals surface area contributed by atoms with Crippen molar-refractivity contribution in [1.29, 1.82) is 0 Å². The lowest BCUT2D eigenvalue weighted by molar-refractivity contribution is 0.477. The molecule has 0 radical (unpaired) electrons. The molecule has 0 aromatic heterocycles. The normalized spacial score (nSPS) is 25.2. The van der Waals surface area contributed by atoms with Crippen LogP contribution in [0.3, 0.4) is 0 Å². The third-order valence-corrected chi connectivity index (χ3v) is 3.39. The van der Waals surface area contributed by atoms with Gasteiger partial charge in [0.15, 0.2) is 0 Å². The molecule has 4 nitrogen and oxygen atoms in total. The fourth-order valence-corrected chi connectivity index (χ4v) is 2.80. The third-order valence-electron chi connectivity index (χ3n) is 1.15. The molecular weight excluding hydrogens is 206 g/mol. The van der Waals surface area contributed by atoms with Crippen LogP contribution in [0.5, 0.6) is 0 Å². The summed E-state index contributed by atoms with van der Waals surface area (Å²) in [7, 11) is -3.87. The van der Waals surface area contributed by atoms with Crippen LogP contribution in [0.2, 0.25) is 0 Å². The average Bonchev–Trinajstić information content (AvgIpc) is 2.10. The van der Waals surface area contributed by atoms with Crippen LogP contribution < -0.4 is 5.32 Å². The van der Waals surface area contributed by atoms with Crippen molar-refractivity contribution in [2.24, 2.45) is 0 Å². The second kappa shape index (κ2) is 3.26. The molecule has 11 heavy (non-hydrogen) atoms. The van der Waals surface area contributed by atoms with Crippen molar-refractivity contribution in [2.45, 2.75) is 6.04 Å². The van der Waals surface area contributed by atoms with E-state index < -0.39 is 10.1 Å². The summed E-state index contributed by atoms with van der Waals surface area (Å²) in [4.78, 5) is 0. The molecule has 0 aromatic carbocycles. The first-order valence-corrected chi connectivity index (χ1v) is 5.86. The van der Waals surface area contributed by atoms with Crippen LogP contribution in [0.15, 0.2) is 0 Å². The largest absolute Gasteiger partial charge is 0.366 e. The molecule has 0 spiro atoms. The van der Waals surface area contributed by atoms with Crippen LogP contribution in [-0.4, -0.2) is 34.8 Å². The van der Waals surface area contributed by atoms with E-state index in [2.05, 4.69) is 5.32 Å². The number of hydrogen-bond acceptors (Lipinski definition) is 4. The average molecular weight is 213 g/mol. The molecular formula is C4H7NO3S3. The summed E-state index contributed by atoms with van der Waals surface area (Å²) in [6, 6.07) is -0.234. The lowest BCUT2D eigenvalue weighted by atomic mass is 10.4. The maximum Gasteiger partial charge on any atom is 0.266 e. The molecule has 0 aromatic rings. The molecule has 1 aliphatic rings. The van der Waals surface area contributed by atoms with Gasteiger partial charge in [-0.05, 0) is 0 Å². The topological polar surface area (TPSA) is 66.4 Å². The first kappa shape index (κ1) is 9.24. The maximum atomic E-state index is 10.4. The lowest BCUT2D eigenvalue weighted by Crippen LogP contribution is -2.33. The molecule has 1 aliphatic heterocycles. The fourth-order valence-electron chi connectivity index (χ4n) is 0.770. The Balaban J connectivity index is 2.47. The zero-order valence-electron chi connectivity index (χ0n) is 5.48. The second-order valence-corrected chi connectivity index (χ2v) is 5.38. The van der Waals surface area contributed by atoms with Crippen molar-refractivity contribution in [3.05, 3.63) is 0 Å². The molecule has 1 heterocycles. The molecule has 64 valence electrons. The standard InChI is InChI=1S/C4H7NO3S3/c6-11(7,8)2-3-1-10-4(9)5-3/h3H,1-2H2,(H,5,9)(H,6,7,8). The Labute approximate surface area is 74.5 Å². The summed E-state index contributed by atoms with van der Waals surface area (Å²) in [5, 5.41) is 2.77. The van der Waals surface area contributed by atoms with Crippen LogP contribution in [0.4, 0.5) is 0 Å². The van der Waals surface area contributed by atoms with E-state index in [4.69, 9.17) is 16.8 Å². The Kier molecular flexibility index (Phi) is 2.74. The first-order valence-electron chi connectivity index (χ1n) is 2.86. The van der Waals surface area contributed by atoms with Gasteiger partial charge in [-0.1, -0.05) is 24.0 Å². The quantitative estimate of drug-likeness (QED) is 0.492. The number of thiocarbonyl (C=S) groups is 1. The van der Waals surface area contributed by atoms with Gasteiger partial charge in [-0.15, -0.1) is 0 Å². The van der Waals surface area contributed by atoms with Crippen molar-refractivity contribution >= 4 is 38.4 Å².